The topological polar surface area (TPSA) is 17.1 Å². The predicted octanol–water partition coefficient (Wildman–Crippen LogP) is 5.24. The molecule has 0 saturated carbocycles. The van der Waals surface area contributed by atoms with Gasteiger partial charge >= 0.3 is 0 Å². The number of rotatable bonds is 2. The van der Waals surface area contributed by atoms with Gasteiger partial charge < -0.3 is 0 Å². The number of benzene rings is 2. The fourth-order valence-electron chi connectivity index (χ4n) is 2.35. The van der Waals surface area contributed by atoms with E-state index in [1.165, 1.54) is 16.7 Å². The van der Waals surface area contributed by atoms with E-state index >= 15 is 0 Å². The Bertz CT molecular complexity index is 639. The molecule has 2 aromatic rings. The molecule has 98 valence electrons. The molecule has 2 aromatic carbocycles. The zero-order valence-electron chi connectivity index (χ0n) is 11.7. The Balaban J connectivity index is 2.77. The molecule has 0 aliphatic rings. The Morgan fingerprint density at radius 1 is 1.00 bits per heavy atom. The highest BCUT2D eigenvalue weighted by Gasteiger charge is 2.15. The molecular formula is C17H17BrO. The lowest BCUT2D eigenvalue weighted by Crippen LogP contribution is -2.02. The van der Waals surface area contributed by atoms with Crippen molar-refractivity contribution in [1.29, 1.82) is 0 Å². The van der Waals surface area contributed by atoms with Crippen LogP contribution in [0, 0.1) is 20.8 Å². The van der Waals surface area contributed by atoms with Gasteiger partial charge in [-0.15, -0.1) is 0 Å². The monoisotopic (exact) mass is 316 g/mol. The first-order valence-corrected chi connectivity index (χ1v) is 7.08. The molecule has 0 amide bonds. The van der Waals surface area contributed by atoms with Crippen molar-refractivity contribution < 1.29 is 4.79 Å². The fraction of sp³-hybridized carbons (Fsp3) is 0.235. The number of ketones is 1. The number of hydrogen-bond donors (Lipinski definition) is 0. The van der Waals surface area contributed by atoms with Crippen molar-refractivity contribution in [3.05, 3.63) is 57.1 Å². The molecule has 0 aromatic heterocycles. The number of carbonyl (C=O) groups excluding carboxylic acids is 1. The van der Waals surface area contributed by atoms with Crippen LogP contribution in [0.5, 0.6) is 0 Å². The van der Waals surface area contributed by atoms with Crippen LogP contribution in [-0.4, -0.2) is 5.78 Å². The first-order valence-electron chi connectivity index (χ1n) is 6.29. The number of halogens is 1. The van der Waals surface area contributed by atoms with E-state index in [1.807, 2.05) is 30.3 Å². The zero-order valence-corrected chi connectivity index (χ0v) is 13.3. The van der Waals surface area contributed by atoms with Gasteiger partial charge in [0.05, 0.1) is 0 Å². The average molecular weight is 317 g/mol. The third kappa shape index (κ3) is 2.64. The Morgan fingerprint density at radius 2 is 1.58 bits per heavy atom. The summed E-state index contributed by atoms with van der Waals surface area (Å²) in [5.74, 6) is 0.115. The van der Waals surface area contributed by atoms with Crippen molar-refractivity contribution in [2.75, 3.05) is 0 Å². The minimum atomic E-state index is 0.115. The maximum atomic E-state index is 11.9. The van der Waals surface area contributed by atoms with E-state index in [0.717, 1.165) is 21.2 Å². The van der Waals surface area contributed by atoms with Gasteiger partial charge in [0.1, 0.15) is 0 Å². The molecule has 0 bridgehead atoms. The van der Waals surface area contributed by atoms with E-state index in [0.29, 0.717) is 0 Å². The summed E-state index contributed by atoms with van der Waals surface area (Å²) in [5, 5.41) is 0. The molecule has 0 atom stereocenters. The molecule has 1 nitrogen and oxygen atoms in total. The summed E-state index contributed by atoms with van der Waals surface area (Å²) < 4.78 is 1.04. The molecule has 19 heavy (non-hydrogen) atoms. The largest absolute Gasteiger partial charge is 0.294 e. The van der Waals surface area contributed by atoms with Gasteiger partial charge in [-0.25, -0.2) is 0 Å². The Hall–Kier alpha value is -1.41. The van der Waals surface area contributed by atoms with Crippen LogP contribution in [0.25, 0.3) is 11.1 Å². The van der Waals surface area contributed by atoms with E-state index in [2.05, 4.69) is 36.7 Å². The molecule has 0 aliphatic heterocycles. The summed E-state index contributed by atoms with van der Waals surface area (Å²) in [7, 11) is 0. The third-order valence-electron chi connectivity index (χ3n) is 3.67. The molecule has 0 spiro atoms. The van der Waals surface area contributed by atoms with E-state index in [-0.39, 0.29) is 5.78 Å². The minimum absolute atomic E-state index is 0.115. The molecule has 2 rings (SSSR count). The molecule has 0 unspecified atom stereocenters. The van der Waals surface area contributed by atoms with Crippen LogP contribution in [0.4, 0.5) is 0 Å². The van der Waals surface area contributed by atoms with Gasteiger partial charge in [-0.2, -0.15) is 0 Å². The lowest BCUT2D eigenvalue weighted by atomic mass is 9.88. The van der Waals surface area contributed by atoms with Gasteiger partial charge in [-0.3, -0.25) is 4.79 Å². The summed E-state index contributed by atoms with van der Waals surface area (Å²) in [6.45, 7) is 7.88. The normalized spacial score (nSPS) is 10.6. The van der Waals surface area contributed by atoms with Gasteiger partial charge in [-0.05, 0) is 73.7 Å². The second-order valence-electron chi connectivity index (χ2n) is 4.93. The third-order valence-corrected chi connectivity index (χ3v) is 4.20. The first-order chi connectivity index (χ1) is 8.91. The number of carbonyl (C=O) groups is 1. The van der Waals surface area contributed by atoms with Crippen molar-refractivity contribution in [2.24, 2.45) is 0 Å². The molecule has 0 N–H and O–H groups in total. The summed E-state index contributed by atoms with van der Waals surface area (Å²) >= 11 is 3.44. The average Bonchev–Trinajstić information content (AvgIpc) is 2.37. The van der Waals surface area contributed by atoms with Gasteiger partial charge in [0.2, 0.25) is 0 Å². The van der Waals surface area contributed by atoms with Crippen LogP contribution in [0.3, 0.4) is 0 Å². The van der Waals surface area contributed by atoms with E-state index in [1.54, 1.807) is 6.92 Å². The van der Waals surface area contributed by atoms with Crippen molar-refractivity contribution in [3.63, 3.8) is 0 Å². The second kappa shape index (κ2) is 5.30. The highest BCUT2D eigenvalue weighted by molar-refractivity contribution is 9.10. The predicted molar refractivity (Wildman–Crippen MR) is 83.8 cm³/mol. The molecule has 0 aliphatic carbocycles. The van der Waals surface area contributed by atoms with Crippen molar-refractivity contribution in [2.45, 2.75) is 27.7 Å². The molecule has 2 heteroatoms. The van der Waals surface area contributed by atoms with Gasteiger partial charge in [-0.1, -0.05) is 28.1 Å². The Kier molecular flexibility index (Phi) is 3.91. The SMILES string of the molecule is CC(=O)c1cc(C)c(C)c(C)c1-c1ccc(Br)cc1. The Morgan fingerprint density at radius 3 is 2.11 bits per heavy atom. The van der Waals surface area contributed by atoms with Gasteiger partial charge in [0.15, 0.2) is 5.78 Å². The van der Waals surface area contributed by atoms with Crippen LogP contribution in [0.1, 0.15) is 34.0 Å². The standard InChI is InChI=1S/C17H17BrO/c1-10-9-16(13(4)19)17(12(3)11(10)2)14-5-7-15(18)8-6-14/h5-9H,1-4H3. The maximum absolute atomic E-state index is 11.9. The lowest BCUT2D eigenvalue weighted by Gasteiger charge is -2.16. The van der Waals surface area contributed by atoms with Crippen LogP contribution < -0.4 is 0 Å². The number of hydrogen-bond acceptors (Lipinski definition) is 1. The quantitative estimate of drug-likeness (QED) is 0.692. The van der Waals surface area contributed by atoms with Crippen molar-refractivity contribution in [1.82, 2.24) is 0 Å². The second-order valence-corrected chi connectivity index (χ2v) is 5.84. The van der Waals surface area contributed by atoms with Gasteiger partial charge in [0, 0.05) is 10.0 Å². The highest BCUT2D eigenvalue weighted by atomic mass is 79.9. The fourth-order valence-corrected chi connectivity index (χ4v) is 2.61. The van der Waals surface area contributed by atoms with Crippen LogP contribution in [-0.2, 0) is 0 Å². The maximum Gasteiger partial charge on any atom is 0.160 e. The van der Waals surface area contributed by atoms with Crippen LogP contribution in [0.2, 0.25) is 0 Å². The van der Waals surface area contributed by atoms with Crippen molar-refractivity contribution in [3.8, 4) is 11.1 Å². The van der Waals surface area contributed by atoms with E-state index < -0.39 is 0 Å². The van der Waals surface area contributed by atoms with Gasteiger partial charge in [0.25, 0.3) is 0 Å². The van der Waals surface area contributed by atoms with E-state index in [4.69, 9.17) is 0 Å². The molecule has 0 fully saturated rings. The highest BCUT2D eigenvalue weighted by Crippen LogP contribution is 2.32. The minimum Gasteiger partial charge on any atom is -0.294 e. The molecule has 0 radical (unpaired) electrons. The molecule has 0 saturated heterocycles. The number of Topliss-reactive ketones (excluding diaryl/α,β-unsaturated/α-hetero) is 1. The zero-order chi connectivity index (χ0) is 14.2. The Labute approximate surface area is 122 Å². The summed E-state index contributed by atoms with van der Waals surface area (Å²) in [6, 6.07) is 10.1. The van der Waals surface area contributed by atoms with Crippen LogP contribution >= 0.6 is 15.9 Å². The molecular weight excluding hydrogens is 300 g/mol. The van der Waals surface area contributed by atoms with Crippen molar-refractivity contribution >= 4 is 21.7 Å². The number of aryl methyl sites for hydroxylation is 1. The van der Waals surface area contributed by atoms with E-state index in [9.17, 15) is 4.79 Å². The summed E-state index contributed by atoms with van der Waals surface area (Å²) in [5.41, 5.74) is 6.57. The summed E-state index contributed by atoms with van der Waals surface area (Å²) in [4.78, 5) is 11.9. The smallest absolute Gasteiger partial charge is 0.160 e. The molecule has 0 heterocycles. The van der Waals surface area contributed by atoms with Crippen LogP contribution in [0.15, 0.2) is 34.8 Å². The first kappa shape index (κ1) is 14.0. The lowest BCUT2D eigenvalue weighted by molar-refractivity contribution is 0.101. The summed E-state index contributed by atoms with van der Waals surface area (Å²) in [6.07, 6.45) is 0.